The quantitative estimate of drug-likeness (QED) is 0.386. The van der Waals surface area contributed by atoms with Gasteiger partial charge in [0.25, 0.3) is 0 Å². The normalized spacial score (nSPS) is 26.8. The van der Waals surface area contributed by atoms with Crippen LogP contribution in [0.25, 0.3) is 0 Å². The van der Waals surface area contributed by atoms with Crippen LogP contribution in [-0.2, 0) is 0 Å². The van der Waals surface area contributed by atoms with E-state index >= 15 is 0 Å². The molecule has 0 atom stereocenters. The molecular weight excluding hydrogens is 78.1 g/mol. The standard InChI is InChI=1S/C3H7NSi/c1-5(2)3-4-5/h3H,1-2H3. The van der Waals surface area contributed by atoms with Gasteiger partial charge in [0.05, 0.1) is 0 Å². The monoisotopic (exact) mass is 85.0 g/mol. The summed E-state index contributed by atoms with van der Waals surface area (Å²) in [7, 11) is -0.861. The Hall–Kier alpha value is -0.113. The molecule has 28 valence electrons. The van der Waals surface area contributed by atoms with E-state index in [0.717, 1.165) is 0 Å². The molecule has 0 saturated carbocycles. The van der Waals surface area contributed by atoms with Crippen LogP contribution in [0, 0.1) is 0 Å². The molecule has 1 aliphatic heterocycles. The van der Waals surface area contributed by atoms with E-state index in [1.807, 2.05) is 0 Å². The molecule has 0 fully saturated rings. The van der Waals surface area contributed by atoms with Crippen molar-refractivity contribution in [2.75, 3.05) is 0 Å². The minimum absolute atomic E-state index is 0.861. The summed E-state index contributed by atoms with van der Waals surface area (Å²) in [5, 5.41) is 0. The molecule has 1 aliphatic rings. The summed E-state index contributed by atoms with van der Waals surface area (Å²) in [5.41, 5.74) is 0. The molecule has 1 nitrogen and oxygen atoms in total. The maximum absolute atomic E-state index is 4.05. The predicted molar refractivity (Wildman–Crippen MR) is 26.0 cm³/mol. The van der Waals surface area contributed by atoms with E-state index in [-0.39, 0.29) is 0 Å². The summed E-state index contributed by atoms with van der Waals surface area (Å²) in [6.07, 6.45) is 0. The van der Waals surface area contributed by atoms with E-state index in [1.54, 1.807) is 0 Å². The first-order valence-corrected chi connectivity index (χ1v) is 4.80. The second-order valence-corrected chi connectivity index (χ2v) is 5.74. The van der Waals surface area contributed by atoms with E-state index < -0.39 is 8.24 Å². The van der Waals surface area contributed by atoms with Crippen molar-refractivity contribution in [1.82, 2.24) is 0 Å². The van der Waals surface area contributed by atoms with Gasteiger partial charge >= 0.3 is 0 Å². The maximum Gasteiger partial charge on any atom is 0.214 e. The first-order valence-electron chi connectivity index (χ1n) is 1.77. The van der Waals surface area contributed by atoms with Crippen LogP contribution < -0.4 is 0 Å². The largest absolute Gasteiger partial charge is 0.329 e. The minimum Gasteiger partial charge on any atom is -0.329 e. The van der Waals surface area contributed by atoms with Crippen molar-refractivity contribution >= 4 is 14.1 Å². The highest BCUT2D eigenvalue weighted by Crippen LogP contribution is 2.10. The summed E-state index contributed by atoms with van der Waals surface area (Å²) in [4.78, 5) is 0. The summed E-state index contributed by atoms with van der Waals surface area (Å²) < 4.78 is 4.05. The van der Waals surface area contributed by atoms with Gasteiger partial charge in [-0.15, -0.1) is 0 Å². The second kappa shape index (κ2) is 0.521. The molecule has 0 radical (unpaired) electrons. The van der Waals surface area contributed by atoms with Gasteiger partial charge in [0.2, 0.25) is 8.24 Å². The zero-order chi connectivity index (χ0) is 3.91. The molecular formula is C3H7NSi. The molecule has 0 aromatic rings. The smallest absolute Gasteiger partial charge is 0.214 e. The number of hydrogen-bond acceptors (Lipinski definition) is 1. The van der Waals surface area contributed by atoms with Gasteiger partial charge in [-0.2, -0.15) is 0 Å². The van der Waals surface area contributed by atoms with Crippen LogP contribution in [0.4, 0.5) is 0 Å². The topological polar surface area (TPSA) is 12.4 Å². The molecule has 5 heavy (non-hydrogen) atoms. The van der Waals surface area contributed by atoms with Crippen LogP contribution in [0.2, 0.25) is 13.1 Å². The van der Waals surface area contributed by atoms with Gasteiger partial charge in [0, 0.05) is 0 Å². The van der Waals surface area contributed by atoms with Crippen molar-refractivity contribution in [2.45, 2.75) is 13.1 Å². The van der Waals surface area contributed by atoms with Gasteiger partial charge in [-0.25, -0.2) is 0 Å². The lowest BCUT2D eigenvalue weighted by atomic mass is 11.7. The van der Waals surface area contributed by atoms with Crippen LogP contribution >= 0.6 is 0 Å². The molecule has 0 unspecified atom stereocenters. The Bertz CT molecular complexity index is 67.0. The maximum atomic E-state index is 4.05. The molecule has 0 aromatic carbocycles. The highest BCUT2D eigenvalue weighted by Gasteiger charge is 2.26. The molecule has 0 N–H and O–H groups in total. The van der Waals surface area contributed by atoms with Crippen molar-refractivity contribution in [3.05, 3.63) is 0 Å². The van der Waals surface area contributed by atoms with E-state index in [0.29, 0.717) is 0 Å². The molecule has 0 saturated heterocycles. The second-order valence-electron chi connectivity index (χ2n) is 1.91. The van der Waals surface area contributed by atoms with Gasteiger partial charge in [-0.1, -0.05) is 0 Å². The highest BCUT2D eigenvalue weighted by atomic mass is 28.3. The lowest BCUT2D eigenvalue weighted by Gasteiger charge is -1.79. The van der Waals surface area contributed by atoms with Gasteiger partial charge in [0.15, 0.2) is 0 Å². The molecule has 0 amide bonds. The average Bonchev–Trinajstić information content (AvgIpc) is 1.76. The Balaban J connectivity index is 2.47. The molecule has 0 aromatic heterocycles. The Morgan fingerprint density at radius 3 is 1.80 bits per heavy atom. The molecule has 0 bridgehead atoms. The zero-order valence-corrected chi connectivity index (χ0v) is 4.52. The van der Waals surface area contributed by atoms with E-state index in [4.69, 9.17) is 0 Å². The van der Waals surface area contributed by atoms with E-state index in [1.165, 1.54) is 0 Å². The summed E-state index contributed by atoms with van der Waals surface area (Å²) in [5.74, 6) is 2.08. The van der Waals surface area contributed by atoms with Gasteiger partial charge in [0.1, 0.15) is 0 Å². The predicted octanol–water partition coefficient (Wildman–Crippen LogP) is 0.815. The van der Waals surface area contributed by atoms with Gasteiger partial charge < -0.3 is 4.66 Å². The molecule has 0 aliphatic carbocycles. The van der Waals surface area contributed by atoms with E-state index in [9.17, 15) is 0 Å². The highest BCUT2D eigenvalue weighted by molar-refractivity contribution is 7.09. The van der Waals surface area contributed by atoms with Crippen molar-refractivity contribution < 1.29 is 0 Å². The molecule has 1 rings (SSSR count). The molecule has 2 heteroatoms. The lowest BCUT2D eigenvalue weighted by Crippen LogP contribution is -2.03. The van der Waals surface area contributed by atoms with Crippen LogP contribution in [0.1, 0.15) is 0 Å². The Labute approximate surface area is 32.8 Å². The molecule has 0 spiro atoms. The third kappa shape index (κ3) is 0.579. The fraction of sp³-hybridized carbons (Fsp3) is 0.667. The van der Waals surface area contributed by atoms with Crippen LogP contribution in [0.15, 0.2) is 4.66 Å². The zero-order valence-electron chi connectivity index (χ0n) is 3.52. The van der Waals surface area contributed by atoms with Gasteiger partial charge in [-0.05, 0) is 18.9 Å². The van der Waals surface area contributed by atoms with Crippen molar-refractivity contribution in [3.8, 4) is 0 Å². The van der Waals surface area contributed by atoms with Crippen LogP contribution in [0.5, 0.6) is 0 Å². The summed E-state index contributed by atoms with van der Waals surface area (Å²) >= 11 is 0. The third-order valence-electron chi connectivity index (χ3n) is 0.645. The fourth-order valence-electron chi connectivity index (χ4n) is 0.129. The van der Waals surface area contributed by atoms with Crippen molar-refractivity contribution in [3.63, 3.8) is 0 Å². The van der Waals surface area contributed by atoms with Gasteiger partial charge in [-0.3, -0.25) is 0 Å². The minimum atomic E-state index is -0.861. The average molecular weight is 85.2 g/mol. The van der Waals surface area contributed by atoms with Crippen LogP contribution in [0.3, 0.4) is 0 Å². The Kier molecular flexibility index (Phi) is 0.322. The lowest BCUT2D eigenvalue weighted by molar-refractivity contribution is 1.82. The first kappa shape index (κ1) is 3.09. The van der Waals surface area contributed by atoms with Crippen molar-refractivity contribution in [1.29, 1.82) is 0 Å². The first-order chi connectivity index (χ1) is 2.21. The summed E-state index contributed by atoms with van der Waals surface area (Å²) in [6.45, 7) is 4.43. The van der Waals surface area contributed by atoms with Crippen molar-refractivity contribution in [2.24, 2.45) is 4.66 Å². The SMILES string of the molecule is C[Si]1(C)C=N1. The fourth-order valence-corrected chi connectivity index (χ4v) is 1.16. The number of rotatable bonds is 0. The number of hydrogen-bond donors (Lipinski definition) is 0. The summed E-state index contributed by atoms with van der Waals surface area (Å²) in [6, 6.07) is 0. The molecule has 1 heterocycles. The number of nitrogens with zero attached hydrogens (tertiary/aromatic N) is 1. The Morgan fingerprint density at radius 2 is 1.80 bits per heavy atom. The van der Waals surface area contributed by atoms with E-state index in [2.05, 4.69) is 23.6 Å². The third-order valence-corrected chi connectivity index (χ3v) is 1.94. The van der Waals surface area contributed by atoms with Crippen LogP contribution in [-0.4, -0.2) is 14.1 Å². The Morgan fingerprint density at radius 1 is 1.60 bits per heavy atom.